The van der Waals surface area contributed by atoms with Crippen LogP contribution in [0.4, 0.5) is 5.69 Å². The van der Waals surface area contributed by atoms with Crippen LogP contribution >= 0.6 is 0 Å². The van der Waals surface area contributed by atoms with E-state index in [0.29, 0.717) is 0 Å². The van der Waals surface area contributed by atoms with E-state index >= 15 is 0 Å². The molecule has 1 atom stereocenters. The SMILES string of the molecule is CC1(C)Cc2c(ccc3c2ccc2ccccc23)CC1c1cccc([N+](=O)[O-])c1. The maximum Gasteiger partial charge on any atom is 0.269 e. The van der Waals surface area contributed by atoms with Gasteiger partial charge in [0.2, 0.25) is 0 Å². The summed E-state index contributed by atoms with van der Waals surface area (Å²) in [6.07, 6.45) is 1.87. The highest BCUT2D eigenvalue weighted by molar-refractivity contribution is 6.08. The van der Waals surface area contributed by atoms with Crippen LogP contribution in [0, 0.1) is 15.5 Å². The largest absolute Gasteiger partial charge is 0.269 e. The maximum atomic E-state index is 11.3. The van der Waals surface area contributed by atoms with Crippen LogP contribution in [0.1, 0.15) is 36.5 Å². The van der Waals surface area contributed by atoms with Crippen molar-refractivity contribution < 1.29 is 4.92 Å². The van der Waals surface area contributed by atoms with E-state index < -0.39 is 0 Å². The second-order valence-corrected chi connectivity index (χ2v) is 8.86. The van der Waals surface area contributed by atoms with Crippen LogP contribution in [0.25, 0.3) is 21.5 Å². The first kappa shape index (κ1) is 17.9. The minimum atomic E-state index is -0.300. The Morgan fingerprint density at radius 3 is 2.52 bits per heavy atom. The minimum Gasteiger partial charge on any atom is -0.258 e. The summed E-state index contributed by atoms with van der Waals surface area (Å²) in [6.45, 7) is 4.58. The molecule has 0 amide bonds. The number of nitro groups is 1. The van der Waals surface area contributed by atoms with Gasteiger partial charge in [0.1, 0.15) is 0 Å². The lowest BCUT2D eigenvalue weighted by Gasteiger charge is -2.40. The van der Waals surface area contributed by atoms with E-state index in [1.807, 2.05) is 12.1 Å². The number of fused-ring (bicyclic) bond motifs is 5. The summed E-state index contributed by atoms with van der Waals surface area (Å²) in [5, 5.41) is 16.5. The monoisotopic (exact) mass is 381 g/mol. The lowest BCUT2D eigenvalue weighted by atomic mass is 9.63. The Balaban J connectivity index is 1.65. The molecule has 0 N–H and O–H groups in total. The number of hydrogen-bond acceptors (Lipinski definition) is 2. The zero-order chi connectivity index (χ0) is 20.2. The molecule has 144 valence electrons. The van der Waals surface area contributed by atoms with Crippen molar-refractivity contribution in [1.82, 2.24) is 0 Å². The summed E-state index contributed by atoms with van der Waals surface area (Å²) in [7, 11) is 0. The Hall–Kier alpha value is -3.20. The van der Waals surface area contributed by atoms with Crippen molar-refractivity contribution in [1.29, 1.82) is 0 Å². The van der Waals surface area contributed by atoms with Crippen LogP contribution < -0.4 is 0 Å². The summed E-state index contributed by atoms with van der Waals surface area (Å²) in [5.41, 5.74) is 4.05. The third-order valence-corrected chi connectivity index (χ3v) is 6.62. The molecule has 0 saturated heterocycles. The predicted octanol–water partition coefficient (Wildman–Crippen LogP) is 6.81. The number of nitrogens with zero attached hydrogens (tertiary/aromatic N) is 1. The minimum absolute atomic E-state index is 0.0160. The molecule has 4 aromatic rings. The topological polar surface area (TPSA) is 43.1 Å². The van der Waals surface area contributed by atoms with E-state index in [4.69, 9.17) is 0 Å². The first-order valence-corrected chi connectivity index (χ1v) is 10.1. The normalized spacial score (nSPS) is 17.9. The van der Waals surface area contributed by atoms with Crippen LogP contribution in [-0.2, 0) is 12.8 Å². The second kappa shape index (κ2) is 6.41. The Kier molecular flexibility index (Phi) is 3.95. The molecule has 0 radical (unpaired) electrons. The van der Waals surface area contributed by atoms with Crippen molar-refractivity contribution in [2.24, 2.45) is 5.41 Å². The summed E-state index contributed by atoms with van der Waals surface area (Å²) < 4.78 is 0. The van der Waals surface area contributed by atoms with Crippen molar-refractivity contribution in [3.05, 3.63) is 99.6 Å². The quantitative estimate of drug-likeness (QED) is 0.217. The Bertz CT molecular complexity index is 1270. The molecule has 0 spiro atoms. The van der Waals surface area contributed by atoms with E-state index in [0.717, 1.165) is 18.4 Å². The summed E-state index contributed by atoms with van der Waals surface area (Å²) in [6, 6.07) is 24.7. The number of rotatable bonds is 2. The van der Waals surface area contributed by atoms with Gasteiger partial charge >= 0.3 is 0 Å². The van der Waals surface area contributed by atoms with Gasteiger partial charge in [-0.3, -0.25) is 10.1 Å². The lowest BCUT2D eigenvalue weighted by Crippen LogP contribution is -2.31. The van der Waals surface area contributed by atoms with Crippen LogP contribution in [0.3, 0.4) is 0 Å². The van der Waals surface area contributed by atoms with Crippen LogP contribution in [0.15, 0.2) is 72.8 Å². The number of hydrogen-bond donors (Lipinski definition) is 0. The Morgan fingerprint density at radius 1 is 0.897 bits per heavy atom. The number of non-ortho nitro benzene ring substituents is 1. The van der Waals surface area contributed by atoms with Gasteiger partial charge < -0.3 is 0 Å². The Morgan fingerprint density at radius 2 is 1.69 bits per heavy atom. The van der Waals surface area contributed by atoms with Gasteiger partial charge in [0.05, 0.1) is 4.92 Å². The third kappa shape index (κ3) is 2.89. The molecule has 3 nitrogen and oxygen atoms in total. The molecule has 29 heavy (non-hydrogen) atoms. The van der Waals surface area contributed by atoms with E-state index in [1.54, 1.807) is 12.1 Å². The van der Waals surface area contributed by atoms with Gasteiger partial charge in [0, 0.05) is 12.1 Å². The smallest absolute Gasteiger partial charge is 0.258 e. The van der Waals surface area contributed by atoms with Crippen molar-refractivity contribution >= 4 is 27.2 Å². The average molecular weight is 381 g/mol. The number of nitro benzene ring substituents is 1. The Labute approximate surface area is 170 Å². The molecule has 0 fully saturated rings. The van der Waals surface area contributed by atoms with Crippen molar-refractivity contribution in [2.75, 3.05) is 0 Å². The summed E-state index contributed by atoms with van der Waals surface area (Å²) >= 11 is 0. The van der Waals surface area contributed by atoms with Gasteiger partial charge in [0.15, 0.2) is 0 Å². The highest BCUT2D eigenvalue weighted by Crippen LogP contribution is 2.48. The fourth-order valence-electron chi connectivity index (χ4n) is 5.09. The molecule has 3 heteroatoms. The van der Waals surface area contributed by atoms with Gasteiger partial charge in [0.25, 0.3) is 5.69 Å². The zero-order valence-corrected chi connectivity index (χ0v) is 16.7. The standard InChI is InChI=1S/C26H23NO2/c1-26(2)16-24-18(15-25(26)19-7-5-8-20(14-19)27(28)29)11-13-22-21-9-4-3-6-17(21)10-12-23(22)24/h3-14,25H,15-16H2,1-2H3. The molecule has 1 aliphatic rings. The summed E-state index contributed by atoms with van der Waals surface area (Å²) in [4.78, 5) is 11.0. The molecular formula is C26H23NO2. The van der Waals surface area contributed by atoms with Crippen molar-refractivity contribution in [2.45, 2.75) is 32.6 Å². The molecule has 1 aliphatic carbocycles. The van der Waals surface area contributed by atoms with Crippen molar-refractivity contribution in [3.8, 4) is 0 Å². The first-order chi connectivity index (χ1) is 13.9. The van der Waals surface area contributed by atoms with E-state index in [-0.39, 0.29) is 21.9 Å². The molecule has 1 unspecified atom stereocenters. The van der Waals surface area contributed by atoms with Gasteiger partial charge in [-0.25, -0.2) is 0 Å². The molecule has 0 heterocycles. The maximum absolute atomic E-state index is 11.3. The van der Waals surface area contributed by atoms with E-state index in [2.05, 4.69) is 62.4 Å². The number of benzene rings is 4. The molecule has 4 aromatic carbocycles. The van der Waals surface area contributed by atoms with Gasteiger partial charge in [-0.15, -0.1) is 0 Å². The highest BCUT2D eigenvalue weighted by Gasteiger charge is 2.37. The fourth-order valence-corrected chi connectivity index (χ4v) is 5.09. The molecule has 0 aromatic heterocycles. The van der Waals surface area contributed by atoms with Crippen molar-refractivity contribution in [3.63, 3.8) is 0 Å². The van der Waals surface area contributed by atoms with Crippen LogP contribution in [0.5, 0.6) is 0 Å². The second-order valence-electron chi connectivity index (χ2n) is 8.86. The zero-order valence-electron chi connectivity index (χ0n) is 16.7. The molecule has 0 saturated carbocycles. The average Bonchev–Trinajstić information content (AvgIpc) is 2.72. The molecular weight excluding hydrogens is 358 g/mol. The van der Waals surface area contributed by atoms with Gasteiger partial charge in [-0.2, -0.15) is 0 Å². The van der Waals surface area contributed by atoms with Gasteiger partial charge in [-0.1, -0.05) is 74.5 Å². The van der Waals surface area contributed by atoms with E-state index in [9.17, 15) is 10.1 Å². The lowest BCUT2D eigenvalue weighted by molar-refractivity contribution is -0.384. The third-order valence-electron chi connectivity index (χ3n) is 6.62. The highest BCUT2D eigenvalue weighted by atomic mass is 16.6. The molecule has 0 bridgehead atoms. The molecule has 0 aliphatic heterocycles. The van der Waals surface area contributed by atoms with E-state index in [1.165, 1.54) is 32.7 Å². The van der Waals surface area contributed by atoms with Crippen LogP contribution in [0.2, 0.25) is 0 Å². The predicted molar refractivity (Wildman–Crippen MR) is 118 cm³/mol. The van der Waals surface area contributed by atoms with Crippen LogP contribution in [-0.4, -0.2) is 4.92 Å². The van der Waals surface area contributed by atoms with Gasteiger partial charge in [-0.05, 0) is 62.4 Å². The first-order valence-electron chi connectivity index (χ1n) is 10.1. The summed E-state index contributed by atoms with van der Waals surface area (Å²) in [5.74, 6) is 0.257. The fraction of sp³-hybridized carbons (Fsp3) is 0.231. The molecule has 5 rings (SSSR count).